The lowest BCUT2D eigenvalue weighted by Gasteiger charge is -2.34. The quantitative estimate of drug-likeness (QED) is 0.828. The highest BCUT2D eigenvalue weighted by atomic mass is 16.5. The maximum atomic E-state index is 12.7. The van der Waals surface area contributed by atoms with E-state index in [0.717, 1.165) is 57.7 Å². The van der Waals surface area contributed by atoms with Gasteiger partial charge < -0.3 is 19.4 Å². The Labute approximate surface area is 145 Å². The Morgan fingerprint density at radius 1 is 1.21 bits per heavy atom. The van der Waals surface area contributed by atoms with Gasteiger partial charge in [-0.05, 0) is 51.1 Å². The summed E-state index contributed by atoms with van der Waals surface area (Å²) in [7, 11) is 2.16. The van der Waals surface area contributed by atoms with Crippen molar-refractivity contribution < 1.29 is 9.53 Å². The first-order valence-corrected chi connectivity index (χ1v) is 9.12. The van der Waals surface area contributed by atoms with E-state index in [4.69, 9.17) is 4.74 Å². The molecule has 2 saturated heterocycles. The van der Waals surface area contributed by atoms with Crippen LogP contribution in [0.25, 0.3) is 0 Å². The number of ether oxygens (including phenoxy) is 1. The van der Waals surface area contributed by atoms with E-state index in [9.17, 15) is 4.79 Å². The van der Waals surface area contributed by atoms with Gasteiger partial charge in [-0.3, -0.25) is 4.79 Å². The molecule has 0 saturated carbocycles. The van der Waals surface area contributed by atoms with Crippen LogP contribution in [0.15, 0.2) is 24.3 Å². The van der Waals surface area contributed by atoms with E-state index in [0.29, 0.717) is 6.54 Å². The molecule has 5 heteroatoms. The molecule has 3 rings (SSSR count). The van der Waals surface area contributed by atoms with Crippen molar-refractivity contribution >= 4 is 11.6 Å². The third kappa shape index (κ3) is 4.08. The van der Waals surface area contributed by atoms with E-state index in [-0.39, 0.29) is 12.0 Å². The predicted octanol–water partition coefficient (Wildman–Crippen LogP) is 2.08. The second-order valence-corrected chi connectivity index (χ2v) is 6.82. The second-order valence-electron chi connectivity index (χ2n) is 6.82. The van der Waals surface area contributed by atoms with Crippen LogP contribution in [0.4, 0.5) is 5.69 Å². The van der Waals surface area contributed by atoms with E-state index in [1.807, 2.05) is 24.0 Å². The summed E-state index contributed by atoms with van der Waals surface area (Å²) in [5.74, 6) is 0.109. The SMILES string of the molecule is CCN(CC1CCCO1)C(=O)c1ccc(N2CCN(C)CC2)cc1. The number of carbonyl (C=O) groups excluding carboxylic acids is 1. The number of anilines is 1. The fraction of sp³-hybridized carbons (Fsp3) is 0.632. The van der Waals surface area contributed by atoms with Crippen LogP contribution in [-0.4, -0.2) is 74.7 Å². The second kappa shape index (κ2) is 7.99. The van der Waals surface area contributed by atoms with E-state index in [2.05, 4.69) is 29.0 Å². The number of nitrogens with zero attached hydrogens (tertiary/aromatic N) is 3. The average molecular weight is 331 g/mol. The zero-order valence-electron chi connectivity index (χ0n) is 14.9. The average Bonchev–Trinajstić information content (AvgIpc) is 3.13. The van der Waals surface area contributed by atoms with Crippen molar-refractivity contribution in [3.05, 3.63) is 29.8 Å². The molecule has 2 fully saturated rings. The van der Waals surface area contributed by atoms with Crippen molar-refractivity contribution in [3.8, 4) is 0 Å². The van der Waals surface area contributed by atoms with Crippen molar-refractivity contribution in [2.24, 2.45) is 0 Å². The third-order valence-electron chi connectivity index (χ3n) is 5.10. The maximum absolute atomic E-state index is 12.7. The highest BCUT2D eigenvalue weighted by molar-refractivity contribution is 5.94. The summed E-state index contributed by atoms with van der Waals surface area (Å²) in [5.41, 5.74) is 1.98. The first kappa shape index (κ1) is 17.2. The molecule has 0 aliphatic carbocycles. The van der Waals surface area contributed by atoms with Crippen LogP contribution in [0.1, 0.15) is 30.1 Å². The minimum atomic E-state index is 0.109. The molecule has 1 aromatic rings. The molecular weight excluding hydrogens is 302 g/mol. The van der Waals surface area contributed by atoms with Crippen LogP contribution in [0.2, 0.25) is 0 Å². The number of benzene rings is 1. The minimum absolute atomic E-state index is 0.109. The van der Waals surface area contributed by atoms with Crippen LogP contribution in [-0.2, 0) is 4.74 Å². The Morgan fingerprint density at radius 3 is 2.50 bits per heavy atom. The lowest BCUT2D eigenvalue weighted by atomic mass is 10.1. The van der Waals surface area contributed by atoms with Gasteiger partial charge in [0.2, 0.25) is 0 Å². The molecular formula is C19H29N3O2. The van der Waals surface area contributed by atoms with Crippen LogP contribution in [0.5, 0.6) is 0 Å². The Balaban J connectivity index is 1.61. The molecule has 0 N–H and O–H groups in total. The largest absolute Gasteiger partial charge is 0.376 e. The van der Waals surface area contributed by atoms with E-state index in [1.54, 1.807) is 0 Å². The van der Waals surface area contributed by atoms with Gasteiger partial charge >= 0.3 is 0 Å². The van der Waals surface area contributed by atoms with E-state index < -0.39 is 0 Å². The molecule has 2 heterocycles. The van der Waals surface area contributed by atoms with Gasteiger partial charge in [-0.1, -0.05) is 0 Å². The lowest BCUT2D eigenvalue weighted by molar-refractivity contribution is 0.0539. The molecule has 1 atom stereocenters. The first-order valence-electron chi connectivity index (χ1n) is 9.12. The molecule has 0 aromatic heterocycles. The van der Waals surface area contributed by atoms with Gasteiger partial charge in [-0.2, -0.15) is 0 Å². The lowest BCUT2D eigenvalue weighted by Crippen LogP contribution is -2.44. The molecule has 1 unspecified atom stereocenters. The van der Waals surface area contributed by atoms with Crippen molar-refractivity contribution in [1.29, 1.82) is 0 Å². The zero-order valence-corrected chi connectivity index (χ0v) is 14.9. The van der Waals surface area contributed by atoms with E-state index >= 15 is 0 Å². The fourth-order valence-corrected chi connectivity index (χ4v) is 3.45. The van der Waals surface area contributed by atoms with Crippen molar-refractivity contribution in [3.63, 3.8) is 0 Å². The van der Waals surface area contributed by atoms with Crippen molar-refractivity contribution in [2.75, 3.05) is 57.8 Å². The number of amides is 1. The number of hydrogen-bond acceptors (Lipinski definition) is 4. The topological polar surface area (TPSA) is 36.0 Å². The van der Waals surface area contributed by atoms with Crippen LogP contribution in [0.3, 0.4) is 0 Å². The van der Waals surface area contributed by atoms with E-state index in [1.165, 1.54) is 5.69 Å². The summed E-state index contributed by atoms with van der Waals surface area (Å²) < 4.78 is 5.67. The summed E-state index contributed by atoms with van der Waals surface area (Å²) in [6.07, 6.45) is 2.38. The molecule has 24 heavy (non-hydrogen) atoms. The monoisotopic (exact) mass is 331 g/mol. The Kier molecular flexibility index (Phi) is 5.74. The van der Waals surface area contributed by atoms with Gasteiger partial charge in [0.15, 0.2) is 0 Å². The van der Waals surface area contributed by atoms with Crippen LogP contribution in [0, 0.1) is 0 Å². The Morgan fingerprint density at radius 2 is 1.92 bits per heavy atom. The summed E-state index contributed by atoms with van der Waals surface area (Å²) >= 11 is 0. The summed E-state index contributed by atoms with van der Waals surface area (Å²) in [6, 6.07) is 8.10. The van der Waals surface area contributed by atoms with Crippen molar-refractivity contribution in [2.45, 2.75) is 25.9 Å². The number of piperazine rings is 1. The third-order valence-corrected chi connectivity index (χ3v) is 5.10. The number of rotatable bonds is 5. The summed E-state index contributed by atoms with van der Waals surface area (Å²) in [5, 5.41) is 0. The first-order chi connectivity index (χ1) is 11.7. The Bertz CT molecular complexity index is 532. The molecule has 0 bridgehead atoms. The van der Waals surface area contributed by atoms with Gasteiger partial charge in [-0.15, -0.1) is 0 Å². The molecule has 132 valence electrons. The number of likely N-dealkylation sites (N-methyl/N-ethyl adjacent to an activating group) is 2. The molecule has 1 aromatic carbocycles. The standard InChI is InChI=1S/C19H29N3O2/c1-3-21(15-18-5-4-14-24-18)19(23)16-6-8-17(9-7-16)22-12-10-20(2)11-13-22/h6-9,18H,3-5,10-15H2,1-2H3. The smallest absolute Gasteiger partial charge is 0.253 e. The van der Waals surface area contributed by atoms with Gasteiger partial charge in [0.1, 0.15) is 0 Å². The zero-order chi connectivity index (χ0) is 16.9. The van der Waals surface area contributed by atoms with Gasteiger partial charge in [0, 0.05) is 57.1 Å². The Hall–Kier alpha value is -1.59. The minimum Gasteiger partial charge on any atom is -0.376 e. The molecule has 5 nitrogen and oxygen atoms in total. The molecule has 1 amide bonds. The predicted molar refractivity (Wildman–Crippen MR) is 96.7 cm³/mol. The molecule has 0 spiro atoms. The van der Waals surface area contributed by atoms with Gasteiger partial charge in [-0.25, -0.2) is 0 Å². The number of carbonyl (C=O) groups is 1. The molecule has 2 aliphatic rings. The summed E-state index contributed by atoms with van der Waals surface area (Å²) in [6.45, 7) is 8.56. The highest BCUT2D eigenvalue weighted by Crippen LogP contribution is 2.19. The van der Waals surface area contributed by atoms with Crippen LogP contribution >= 0.6 is 0 Å². The van der Waals surface area contributed by atoms with Crippen LogP contribution < -0.4 is 4.90 Å². The van der Waals surface area contributed by atoms with Gasteiger partial charge in [0.25, 0.3) is 5.91 Å². The normalized spacial score (nSPS) is 21.9. The molecule has 2 aliphatic heterocycles. The fourth-order valence-electron chi connectivity index (χ4n) is 3.45. The highest BCUT2D eigenvalue weighted by Gasteiger charge is 2.22. The van der Waals surface area contributed by atoms with Crippen molar-refractivity contribution in [1.82, 2.24) is 9.80 Å². The molecule has 0 radical (unpaired) electrons. The number of hydrogen-bond donors (Lipinski definition) is 0. The summed E-state index contributed by atoms with van der Waals surface area (Å²) in [4.78, 5) is 19.4. The van der Waals surface area contributed by atoms with Gasteiger partial charge in [0.05, 0.1) is 6.10 Å². The maximum Gasteiger partial charge on any atom is 0.253 e.